The van der Waals surface area contributed by atoms with Gasteiger partial charge in [-0.3, -0.25) is 4.79 Å². The van der Waals surface area contributed by atoms with Crippen LogP contribution in [0.5, 0.6) is 0 Å². The maximum absolute atomic E-state index is 11.4. The van der Waals surface area contributed by atoms with E-state index in [9.17, 15) is 9.90 Å². The molecule has 1 fully saturated rings. The number of halogens is 1. The van der Waals surface area contributed by atoms with E-state index >= 15 is 0 Å². The molecule has 0 bridgehead atoms. The lowest BCUT2D eigenvalue weighted by molar-refractivity contribution is -0.150. The van der Waals surface area contributed by atoms with Gasteiger partial charge in [0.25, 0.3) is 0 Å². The van der Waals surface area contributed by atoms with E-state index in [0.717, 1.165) is 0 Å². The summed E-state index contributed by atoms with van der Waals surface area (Å²) in [6.07, 6.45) is 3.30. The molecule has 1 saturated heterocycles. The number of aromatic nitrogens is 1. The van der Waals surface area contributed by atoms with Crippen LogP contribution in [-0.4, -0.2) is 29.1 Å². The van der Waals surface area contributed by atoms with Gasteiger partial charge in [-0.1, -0.05) is 18.5 Å². The first-order valence-electron chi connectivity index (χ1n) is 6.57. The van der Waals surface area contributed by atoms with Gasteiger partial charge < -0.3 is 10.0 Å². The van der Waals surface area contributed by atoms with Gasteiger partial charge in [0, 0.05) is 19.3 Å². The maximum Gasteiger partial charge on any atom is 0.309 e. The summed E-state index contributed by atoms with van der Waals surface area (Å²) in [5, 5.41) is 18.7. The second kappa shape index (κ2) is 5.68. The molecule has 1 N–H and O–H groups in total. The number of carboxylic acids is 1. The predicted molar refractivity (Wildman–Crippen MR) is 75.8 cm³/mol. The summed E-state index contributed by atoms with van der Waals surface area (Å²) in [7, 11) is 0. The van der Waals surface area contributed by atoms with Crippen LogP contribution in [0.4, 0.5) is 5.82 Å². The van der Waals surface area contributed by atoms with Crippen molar-refractivity contribution in [3.05, 3.63) is 22.8 Å². The first-order valence-corrected chi connectivity index (χ1v) is 6.95. The Hall–Kier alpha value is -1.80. The van der Waals surface area contributed by atoms with Crippen molar-refractivity contribution in [1.29, 1.82) is 5.26 Å². The van der Waals surface area contributed by atoms with Crippen molar-refractivity contribution in [2.24, 2.45) is 5.41 Å². The highest BCUT2D eigenvalue weighted by molar-refractivity contribution is 6.34. The Labute approximate surface area is 122 Å². The summed E-state index contributed by atoms with van der Waals surface area (Å²) >= 11 is 6.17. The van der Waals surface area contributed by atoms with E-state index in [0.29, 0.717) is 48.8 Å². The van der Waals surface area contributed by atoms with Crippen molar-refractivity contribution in [2.75, 3.05) is 18.0 Å². The predicted octanol–water partition coefficient (Wildman–Crippen LogP) is 2.69. The monoisotopic (exact) mass is 293 g/mol. The Morgan fingerprint density at radius 3 is 2.75 bits per heavy atom. The Morgan fingerprint density at radius 1 is 1.60 bits per heavy atom. The zero-order chi connectivity index (χ0) is 14.8. The topological polar surface area (TPSA) is 77.2 Å². The molecule has 6 heteroatoms. The van der Waals surface area contributed by atoms with Crippen LogP contribution >= 0.6 is 11.6 Å². The lowest BCUT2D eigenvalue weighted by atomic mass is 9.76. The summed E-state index contributed by atoms with van der Waals surface area (Å²) in [4.78, 5) is 17.6. The quantitative estimate of drug-likeness (QED) is 0.927. The fraction of sp³-hybridized carbons (Fsp3) is 0.500. The van der Waals surface area contributed by atoms with Gasteiger partial charge in [0.2, 0.25) is 0 Å². The number of carbonyl (C=O) groups is 1. The number of hydrogen-bond acceptors (Lipinski definition) is 4. The highest BCUT2D eigenvalue weighted by atomic mass is 35.5. The third-order valence-corrected chi connectivity index (χ3v) is 4.51. The molecule has 2 heterocycles. The molecule has 20 heavy (non-hydrogen) atoms. The number of pyridine rings is 1. The fourth-order valence-electron chi connectivity index (χ4n) is 2.60. The van der Waals surface area contributed by atoms with E-state index in [1.165, 1.54) is 0 Å². The highest BCUT2D eigenvalue weighted by Gasteiger charge is 2.40. The Bertz CT molecular complexity index is 560. The molecular formula is C14H16ClN3O2. The zero-order valence-electron chi connectivity index (χ0n) is 11.3. The molecule has 0 saturated carbocycles. The number of nitriles is 1. The standard InChI is InChI=1S/C14H16ClN3O2/c1-2-14(13(19)20)4-7-18(8-5-14)12-11(15)10(9-16)3-6-17-12/h3,6H,2,4-5,7-8H2,1H3,(H,19,20). The SMILES string of the molecule is CCC1(C(=O)O)CCN(c2nccc(C#N)c2Cl)CC1. The molecule has 106 valence electrons. The van der Waals surface area contributed by atoms with E-state index in [-0.39, 0.29) is 0 Å². The maximum atomic E-state index is 11.4. The van der Waals surface area contributed by atoms with Crippen molar-refractivity contribution in [2.45, 2.75) is 26.2 Å². The van der Waals surface area contributed by atoms with Crippen LogP contribution in [0, 0.1) is 16.7 Å². The normalized spacial score (nSPS) is 17.6. The molecular weight excluding hydrogens is 278 g/mol. The molecule has 1 aliphatic heterocycles. The minimum absolute atomic E-state index is 0.342. The van der Waals surface area contributed by atoms with E-state index in [4.69, 9.17) is 16.9 Å². The van der Waals surface area contributed by atoms with Crippen LogP contribution in [-0.2, 0) is 4.79 Å². The average molecular weight is 294 g/mol. The molecule has 1 aromatic rings. The van der Waals surface area contributed by atoms with Gasteiger partial charge in [0.15, 0.2) is 0 Å². The zero-order valence-corrected chi connectivity index (χ0v) is 12.0. The molecule has 1 aromatic heterocycles. The Kier molecular flexibility index (Phi) is 4.15. The number of nitrogens with zero attached hydrogens (tertiary/aromatic N) is 3. The minimum Gasteiger partial charge on any atom is -0.481 e. The Morgan fingerprint density at radius 2 is 2.25 bits per heavy atom. The van der Waals surface area contributed by atoms with Gasteiger partial charge in [-0.15, -0.1) is 0 Å². The molecule has 0 radical (unpaired) electrons. The average Bonchev–Trinajstić information content (AvgIpc) is 2.47. The van der Waals surface area contributed by atoms with E-state index in [2.05, 4.69) is 4.98 Å². The second-order valence-corrected chi connectivity index (χ2v) is 5.41. The van der Waals surface area contributed by atoms with Crippen molar-refractivity contribution >= 4 is 23.4 Å². The molecule has 0 aromatic carbocycles. The third-order valence-electron chi connectivity index (χ3n) is 4.14. The minimum atomic E-state index is -0.732. The number of aliphatic carboxylic acids is 1. The number of piperidine rings is 1. The van der Waals surface area contributed by atoms with Crippen molar-refractivity contribution < 1.29 is 9.90 Å². The first-order chi connectivity index (χ1) is 9.54. The van der Waals surface area contributed by atoms with Gasteiger partial charge in [0.1, 0.15) is 16.9 Å². The van der Waals surface area contributed by atoms with Crippen LogP contribution in [0.15, 0.2) is 12.3 Å². The van der Waals surface area contributed by atoms with Crippen LogP contribution in [0.25, 0.3) is 0 Å². The molecule has 0 spiro atoms. The summed E-state index contributed by atoms with van der Waals surface area (Å²) in [5.74, 6) is -0.162. The summed E-state index contributed by atoms with van der Waals surface area (Å²) < 4.78 is 0. The second-order valence-electron chi connectivity index (χ2n) is 5.03. The molecule has 5 nitrogen and oxygen atoms in total. The molecule has 0 amide bonds. The Balaban J connectivity index is 2.20. The molecule has 1 aliphatic rings. The summed E-state index contributed by atoms with van der Waals surface area (Å²) in [6.45, 7) is 3.08. The van der Waals surface area contributed by atoms with Crippen molar-refractivity contribution in [3.8, 4) is 6.07 Å². The third kappa shape index (κ3) is 2.44. The van der Waals surface area contributed by atoms with Crippen molar-refractivity contribution in [3.63, 3.8) is 0 Å². The van der Waals surface area contributed by atoms with E-state index in [1.54, 1.807) is 12.3 Å². The van der Waals surface area contributed by atoms with Crippen molar-refractivity contribution in [1.82, 2.24) is 4.98 Å². The van der Waals surface area contributed by atoms with Gasteiger partial charge >= 0.3 is 5.97 Å². The number of anilines is 1. The summed E-state index contributed by atoms with van der Waals surface area (Å²) in [5.41, 5.74) is -0.252. The van der Waals surface area contributed by atoms with Gasteiger partial charge in [-0.2, -0.15) is 5.26 Å². The molecule has 0 unspecified atom stereocenters. The molecule has 0 atom stereocenters. The molecule has 0 aliphatic carbocycles. The molecule has 2 rings (SSSR count). The van der Waals surface area contributed by atoms with Gasteiger partial charge in [0.05, 0.1) is 11.0 Å². The largest absolute Gasteiger partial charge is 0.481 e. The first kappa shape index (κ1) is 14.6. The lowest BCUT2D eigenvalue weighted by Gasteiger charge is -2.39. The van der Waals surface area contributed by atoms with Crippen LogP contribution in [0.1, 0.15) is 31.7 Å². The van der Waals surface area contributed by atoms with Gasteiger partial charge in [-0.05, 0) is 25.3 Å². The fourth-order valence-corrected chi connectivity index (χ4v) is 2.88. The highest BCUT2D eigenvalue weighted by Crippen LogP contribution is 2.38. The number of rotatable bonds is 3. The smallest absolute Gasteiger partial charge is 0.309 e. The summed E-state index contributed by atoms with van der Waals surface area (Å²) in [6, 6.07) is 3.60. The lowest BCUT2D eigenvalue weighted by Crippen LogP contribution is -2.44. The number of hydrogen-bond donors (Lipinski definition) is 1. The van der Waals surface area contributed by atoms with E-state index in [1.807, 2.05) is 17.9 Å². The van der Waals surface area contributed by atoms with Crippen LogP contribution < -0.4 is 4.90 Å². The number of carboxylic acid groups (broad SMARTS) is 1. The van der Waals surface area contributed by atoms with Crippen LogP contribution in [0.2, 0.25) is 5.02 Å². The van der Waals surface area contributed by atoms with Gasteiger partial charge in [-0.25, -0.2) is 4.98 Å². The van der Waals surface area contributed by atoms with E-state index < -0.39 is 11.4 Å². The van der Waals surface area contributed by atoms with Crippen LogP contribution in [0.3, 0.4) is 0 Å².